The molecule has 0 unspecified atom stereocenters. The van der Waals surface area contributed by atoms with Crippen molar-refractivity contribution < 1.29 is 9.90 Å². The zero-order valence-electron chi connectivity index (χ0n) is 10.5. The Bertz CT molecular complexity index is 431. The molecule has 0 amide bonds. The van der Waals surface area contributed by atoms with Gasteiger partial charge in [0.05, 0.1) is 0 Å². The minimum Gasteiger partial charge on any atom is -0.480 e. The van der Waals surface area contributed by atoms with Crippen LogP contribution in [0.2, 0.25) is 10.0 Å². The van der Waals surface area contributed by atoms with E-state index in [0.29, 0.717) is 29.4 Å². The first kappa shape index (κ1) is 15.3. The monoisotopic (exact) mass is 289 g/mol. The molecule has 100 valence electrons. The summed E-state index contributed by atoms with van der Waals surface area (Å²) in [5.74, 6) is -0.842. The van der Waals surface area contributed by atoms with E-state index in [1.165, 1.54) is 0 Å². The van der Waals surface area contributed by atoms with E-state index in [4.69, 9.17) is 23.2 Å². The fraction of sp³-hybridized carbons (Fsp3) is 0.462. The van der Waals surface area contributed by atoms with Crippen molar-refractivity contribution in [2.45, 2.75) is 38.8 Å². The molecule has 0 aliphatic carbocycles. The van der Waals surface area contributed by atoms with Gasteiger partial charge < -0.3 is 5.11 Å². The smallest absolute Gasteiger partial charge is 0.323 e. The molecule has 0 radical (unpaired) electrons. The van der Waals surface area contributed by atoms with Crippen LogP contribution in [0, 0.1) is 0 Å². The fourth-order valence-corrected chi connectivity index (χ4v) is 2.20. The van der Waals surface area contributed by atoms with Crippen molar-refractivity contribution in [2.24, 2.45) is 0 Å². The maximum absolute atomic E-state index is 11.3. The number of halogens is 2. The van der Waals surface area contributed by atoms with E-state index >= 15 is 0 Å². The van der Waals surface area contributed by atoms with Crippen molar-refractivity contribution in [2.75, 3.05) is 0 Å². The van der Waals surface area contributed by atoms with Gasteiger partial charge in [0.15, 0.2) is 0 Å². The van der Waals surface area contributed by atoms with Crippen LogP contribution in [-0.2, 0) is 11.3 Å². The molecule has 18 heavy (non-hydrogen) atoms. The fourth-order valence-electron chi connectivity index (χ4n) is 1.82. The SMILES string of the molecule is CCC(CC)(NCc1cc(Cl)ccc1Cl)C(=O)O. The standard InChI is InChI=1S/C13H17Cl2NO2/c1-3-13(4-2,12(17)18)16-8-9-7-10(14)5-6-11(9)15/h5-7,16H,3-4,8H2,1-2H3,(H,17,18). The van der Waals surface area contributed by atoms with Crippen LogP contribution in [0.5, 0.6) is 0 Å². The second-order valence-electron chi connectivity index (χ2n) is 4.18. The third kappa shape index (κ3) is 3.37. The molecule has 1 aromatic rings. The normalized spacial score (nSPS) is 11.6. The van der Waals surface area contributed by atoms with Crippen molar-refractivity contribution >= 4 is 29.2 Å². The molecule has 0 atom stereocenters. The molecular formula is C13H17Cl2NO2. The third-order valence-corrected chi connectivity index (χ3v) is 3.85. The van der Waals surface area contributed by atoms with E-state index in [0.717, 1.165) is 5.56 Å². The molecule has 1 rings (SSSR count). The average molecular weight is 290 g/mol. The zero-order chi connectivity index (χ0) is 13.8. The molecule has 2 N–H and O–H groups in total. The van der Waals surface area contributed by atoms with Gasteiger partial charge in [-0.25, -0.2) is 0 Å². The van der Waals surface area contributed by atoms with Crippen LogP contribution in [0.4, 0.5) is 0 Å². The number of hydrogen-bond acceptors (Lipinski definition) is 2. The number of carboxylic acid groups (broad SMARTS) is 1. The Labute approximate surface area is 117 Å². The Hall–Kier alpha value is -0.770. The summed E-state index contributed by atoms with van der Waals surface area (Å²) >= 11 is 11.9. The van der Waals surface area contributed by atoms with E-state index in [9.17, 15) is 9.90 Å². The van der Waals surface area contributed by atoms with Crippen LogP contribution in [0.3, 0.4) is 0 Å². The first-order valence-corrected chi connectivity index (χ1v) is 6.63. The Morgan fingerprint density at radius 2 is 1.94 bits per heavy atom. The van der Waals surface area contributed by atoms with Crippen LogP contribution in [0.25, 0.3) is 0 Å². The van der Waals surface area contributed by atoms with Gasteiger partial charge >= 0.3 is 5.97 Å². The predicted octanol–water partition coefficient (Wildman–Crippen LogP) is 3.73. The largest absolute Gasteiger partial charge is 0.480 e. The minimum atomic E-state index is -0.911. The topological polar surface area (TPSA) is 49.3 Å². The molecule has 0 fully saturated rings. The molecule has 0 aliphatic heterocycles. The quantitative estimate of drug-likeness (QED) is 0.839. The predicted molar refractivity (Wildman–Crippen MR) is 74.3 cm³/mol. The summed E-state index contributed by atoms with van der Waals surface area (Å²) in [6.07, 6.45) is 1.02. The number of hydrogen-bond donors (Lipinski definition) is 2. The summed E-state index contributed by atoms with van der Waals surface area (Å²) < 4.78 is 0. The molecule has 0 saturated heterocycles. The van der Waals surface area contributed by atoms with Crippen molar-refractivity contribution in [3.8, 4) is 0 Å². The summed E-state index contributed by atoms with van der Waals surface area (Å²) in [4.78, 5) is 11.3. The third-order valence-electron chi connectivity index (χ3n) is 3.24. The highest BCUT2D eigenvalue weighted by Crippen LogP contribution is 2.22. The van der Waals surface area contributed by atoms with Crippen molar-refractivity contribution in [3.63, 3.8) is 0 Å². The summed E-state index contributed by atoms with van der Waals surface area (Å²) in [5.41, 5.74) is -0.109. The van der Waals surface area contributed by atoms with Gasteiger partial charge in [-0.2, -0.15) is 0 Å². The molecule has 0 bridgehead atoms. The van der Waals surface area contributed by atoms with Crippen molar-refractivity contribution in [3.05, 3.63) is 33.8 Å². The molecule has 0 spiro atoms. The van der Waals surface area contributed by atoms with Gasteiger partial charge in [-0.15, -0.1) is 0 Å². The van der Waals surface area contributed by atoms with Gasteiger partial charge in [-0.05, 0) is 36.6 Å². The van der Waals surface area contributed by atoms with Gasteiger partial charge in [-0.3, -0.25) is 10.1 Å². The van der Waals surface area contributed by atoms with Crippen LogP contribution in [-0.4, -0.2) is 16.6 Å². The highest BCUT2D eigenvalue weighted by atomic mass is 35.5. The van der Waals surface area contributed by atoms with Crippen molar-refractivity contribution in [1.29, 1.82) is 0 Å². The Kier molecular flexibility index (Phi) is 5.45. The molecular weight excluding hydrogens is 273 g/mol. The lowest BCUT2D eigenvalue weighted by Crippen LogP contribution is -2.50. The molecule has 1 aromatic carbocycles. The zero-order valence-corrected chi connectivity index (χ0v) is 12.0. The summed E-state index contributed by atoms with van der Waals surface area (Å²) in [5, 5.41) is 13.5. The molecule has 0 heterocycles. The van der Waals surface area contributed by atoms with Crippen LogP contribution in [0.15, 0.2) is 18.2 Å². The lowest BCUT2D eigenvalue weighted by molar-refractivity contribution is -0.145. The van der Waals surface area contributed by atoms with Gasteiger partial charge in [0.25, 0.3) is 0 Å². The van der Waals surface area contributed by atoms with Gasteiger partial charge in [0, 0.05) is 16.6 Å². The first-order chi connectivity index (χ1) is 8.45. The maximum atomic E-state index is 11.3. The lowest BCUT2D eigenvalue weighted by atomic mass is 9.92. The van der Waals surface area contributed by atoms with E-state index < -0.39 is 11.5 Å². The maximum Gasteiger partial charge on any atom is 0.323 e. The van der Waals surface area contributed by atoms with Gasteiger partial charge in [-0.1, -0.05) is 37.0 Å². The van der Waals surface area contributed by atoms with E-state index in [-0.39, 0.29) is 0 Å². The lowest BCUT2D eigenvalue weighted by Gasteiger charge is -2.28. The van der Waals surface area contributed by atoms with E-state index in [1.807, 2.05) is 13.8 Å². The molecule has 0 saturated carbocycles. The number of aliphatic carboxylic acids is 1. The number of nitrogens with one attached hydrogen (secondary N) is 1. The summed E-state index contributed by atoms with van der Waals surface area (Å²) in [7, 11) is 0. The highest BCUT2D eigenvalue weighted by molar-refractivity contribution is 6.33. The molecule has 5 heteroatoms. The average Bonchev–Trinajstić information content (AvgIpc) is 2.35. The van der Waals surface area contributed by atoms with E-state index in [2.05, 4.69) is 5.32 Å². The number of rotatable bonds is 6. The Morgan fingerprint density at radius 3 is 2.44 bits per heavy atom. The summed E-state index contributed by atoms with van der Waals surface area (Å²) in [6.45, 7) is 4.09. The van der Waals surface area contributed by atoms with Crippen LogP contribution < -0.4 is 5.32 Å². The first-order valence-electron chi connectivity index (χ1n) is 5.87. The van der Waals surface area contributed by atoms with Gasteiger partial charge in [0.2, 0.25) is 0 Å². The molecule has 3 nitrogen and oxygen atoms in total. The van der Waals surface area contributed by atoms with Crippen molar-refractivity contribution in [1.82, 2.24) is 5.32 Å². The van der Waals surface area contributed by atoms with Gasteiger partial charge in [0.1, 0.15) is 5.54 Å². The summed E-state index contributed by atoms with van der Waals surface area (Å²) in [6, 6.07) is 5.16. The number of carbonyl (C=O) groups is 1. The minimum absolute atomic E-state index is 0.382. The second-order valence-corrected chi connectivity index (χ2v) is 5.03. The van der Waals surface area contributed by atoms with Crippen LogP contribution in [0.1, 0.15) is 32.3 Å². The second kappa shape index (κ2) is 6.41. The Balaban J connectivity index is 2.85. The highest BCUT2D eigenvalue weighted by Gasteiger charge is 2.34. The van der Waals surface area contributed by atoms with Crippen LogP contribution >= 0.6 is 23.2 Å². The number of carboxylic acids is 1. The molecule has 0 aliphatic rings. The Morgan fingerprint density at radius 1 is 1.33 bits per heavy atom. The van der Waals surface area contributed by atoms with E-state index in [1.54, 1.807) is 18.2 Å². The molecule has 0 aromatic heterocycles. The number of benzene rings is 1.